The zero-order valence-electron chi connectivity index (χ0n) is 17.1. The fourth-order valence-electron chi connectivity index (χ4n) is 3.15. The van der Waals surface area contributed by atoms with E-state index in [1.807, 2.05) is 60.1 Å². The number of nitrogens with zero attached hydrogens (tertiary/aromatic N) is 2. The molecule has 0 bridgehead atoms. The van der Waals surface area contributed by atoms with Crippen molar-refractivity contribution >= 4 is 23.0 Å². The monoisotopic (exact) mass is 393 g/mol. The van der Waals surface area contributed by atoms with Crippen molar-refractivity contribution in [2.24, 2.45) is 12.1 Å². The van der Waals surface area contributed by atoms with Crippen molar-refractivity contribution in [2.75, 3.05) is 13.7 Å². The number of unbranched alkanes of at least 4 members (excludes halogenated alkanes) is 2. The maximum Gasteiger partial charge on any atom is 0.287 e. The fraction of sp³-hybridized carbons (Fsp3) is 0.304. The first-order chi connectivity index (χ1) is 14.1. The van der Waals surface area contributed by atoms with Crippen LogP contribution in [0.4, 0.5) is 0 Å². The minimum Gasteiger partial charge on any atom is -0.493 e. The van der Waals surface area contributed by atoms with Gasteiger partial charge in [0.05, 0.1) is 19.9 Å². The minimum absolute atomic E-state index is 0.261. The topological polar surface area (TPSA) is 64.8 Å². The number of methoxy groups -OCH3 is 1. The number of hydrogen-bond donors (Lipinski definition) is 1. The van der Waals surface area contributed by atoms with E-state index in [1.165, 1.54) is 0 Å². The first-order valence-electron chi connectivity index (χ1n) is 9.82. The third kappa shape index (κ3) is 4.96. The van der Waals surface area contributed by atoms with Crippen molar-refractivity contribution in [3.8, 4) is 11.5 Å². The van der Waals surface area contributed by atoms with Crippen molar-refractivity contribution < 1.29 is 14.3 Å². The van der Waals surface area contributed by atoms with E-state index < -0.39 is 0 Å². The third-order valence-electron chi connectivity index (χ3n) is 4.76. The summed E-state index contributed by atoms with van der Waals surface area (Å²) >= 11 is 0. The number of nitrogens with one attached hydrogen (secondary N) is 1. The van der Waals surface area contributed by atoms with Crippen LogP contribution in [0.2, 0.25) is 0 Å². The number of fused-ring (bicyclic) bond motifs is 1. The average Bonchev–Trinajstić information content (AvgIpc) is 3.08. The number of amides is 1. The van der Waals surface area contributed by atoms with Crippen LogP contribution in [-0.2, 0) is 7.05 Å². The molecule has 0 radical (unpaired) electrons. The van der Waals surface area contributed by atoms with Crippen molar-refractivity contribution in [1.82, 2.24) is 9.99 Å². The maximum absolute atomic E-state index is 12.5. The van der Waals surface area contributed by atoms with Crippen LogP contribution < -0.4 is 14.9 Å². The highest BCUT2D eigenvalue weighted by Crippen LogP contribution is 2.27. The Labute approximate surface area is 171 Å². The lowest BCUT2D eigenvalue weighted by atomic mass is 10.2. The Balaban J connectivity index is 1.64. The average molecular weight is 393 g/mol. The molecule has 3 rings (SSSR count). The van der Waals surface area contributed by atoms with Crippen LogP contribution in [0.5, 0.6) is 11.5 Å². The second kappa shape index (κ2) is 9.78. The molecule has 29 heavy (non-hydrogen) atoms. The zero-order chi connectivity index (χ0) is 20.6. The van der Waals surface area contributed by atoms with Crippen LogP contribution >= 0.6 is 0 Å². The summed E-state index contributed by atoms with van der Waals surface area (Å²) < 4.78 is 13.1. The van der Waals surface area contributed by atoms with Gasteiger partial charge in [0.1, 0.15) is 5.69 Å². The summed E-state index contributed by atoms with van der Waals surface area (Å²) in [6, 6.07) is 15.3. The Bertz CT molecular complexity index is 1010. The van der Waals surface area contributed by atoms with E-state index in [9.17, 15) is 4.79 Å². The van der Waals surface area contributed by atoms with Crippen LogP contribution in [0.25, 0.3) is 10.9 Å². The molecule has 3 aromatic rings. The standard InChI is InChI=1S/C23H27N3O3/c1-4-5-8-13-29-21-12-11-17(14-22(21)28-3)16-24-25-23(27)20-15-18-9-6-7-10-19(18)26(20)2/h6-7,9-12,14-16H,4-5,8,13H2,1-3H3,(H,25,27)/b24-16+. The minimum atomic E-state index is -0.261. The van der Waals surface area contributed by atoms with Gasteiger partial charge >= 0.3 is 0 Å². The highest BCUT2D eigenvalue weighted by Gasteiger charge is 2.12. The van der Waals surface area contributed by atoms with E-state index in [2.05, 4.69) is 17.5 Å². The summed E-state index contributed by atoms with van der Waals surface area (Å²) in [6.07, 6.45) is 4.90. The van der Waals surface area contributed by atoms with Crippen LogP contribution in [0.1, 0.15) is 42.2 Å². The Kier molecular flexibility index (Phi) is 6.89. The maximum atomic E-state index is 12.5. The van der Waals surface area contributed by atoms with Gasteiger partial charge in [-0.25, -0.2) is 5.43 Å². The third-order valence-corrected chi connectivity index (χ3v) is 4.76. The quantitative estimate of drug-likeness (QED) is 0.330. The lowest BCUT2D eigenvalue weighted by Crippen LogP contribution is -2.20. The first-order valence-corrected chi connectivity index (χ1v) is 9.82. The van der Waals surface area contributed by atoms with Crippen molar-refractivity contribution in [3.05, 3.63) is 59.8 Å². The summed E-state index contributed by atoms with van der Waals surface area (Å²) in [5, 5.41) is 5.10. The van der Waals surface area contributed by atoms with Crippen LogP contribution in [-0.4, -0.2) is 30.4 Å². The van der Waals surface area contributed by atoms with E-state index in [1.54, 1.807) is 13.3 Å². The Morgan fingerprint density at radius 2 is 1.97 bits per heavy atom. The molecule has 0 aliphatic rings. The largest absolute Gasteiger partial charge is 0.493 e. The molecule has 0 fully saturated rings. The van der Waals surface area contributed by atoms with Crippen molar-refractivity contribution in [3.63, 3.8) is 0 Å². The van der Waals surface area contributed by atoms with Crippen LogP contribution in [0.15, 0.2) is 53.6 Å². The van der Waals surface area contributed by atoms with E-state index in [0.717, 1.165) is 35.7 Å². The molecule has 6 nitrogen and oxygen atoms in total. The molecule has 6 heteroatoms. The van der Waals surface area contributed by atoms with E-state index in [4.69, 9.17) is 9.47 Å². The van der Waals surface area contributed by atoms with Gasteiger partial charge in [-0.1, -0.05) is 38.0 Å². The fourth-order valence-corrected chi connectivity index (χ4v) is 3.15. The number of carbonyl (C=O) groups excluding carboxylic acids is 1. The smallest absolute Gasteiger partial charge is 0.287 e. The summed E-state index contributed by atoms with van der Waals surface area (Å²) in [7, 11) is 3.47. The highest BCUT2D eigenvalue weighted by molar-refractivity contribution is 5.99. The Morgan fingerprint density at radius 1 is 1.14 bits per heavy atom. The summed E-state index contributed by atoms with van der Waals surface area (Å²) in [5.41, 5.74) is 4.95. The van der Waals surface area contributed by atoms with Gasteiger partial charge in [0.2, 0.25) is 0 Å². The Morgan fingerprint density at radius 3 is 2.72 bits per heavy atom. The molecule has 1 amide bonds. The van der Waals surface area contributed by atoms with Gasteiger partial charge in [0.25, 0.3) is 5.91 Å². The SMILES string of the molecule is CCCCCOc1ccc(/C=N/NC(=O)c2cc3ccccc3n2C)cc1OC. The predicted molar refractivity (Wildman–Crippen MR) is 116 cm³/mol. The van der Waals surface area contributed by atoms with Gasteiger partial charge in [-0.3, -0.25) is 4.79 Å². The van der Waals surface area contributed by atoms with E-state index >= 15 is 0 Å². The summed E-state index contributed by atoms with van der Waals surface area (Å²) in [4.78, 5) is 12.5. The predicted octanol–water partition coefficient (Wildman–Crippen LogP) is 4.52. The molecule has 1 heterocycles. The molecule has 0 saturated heterocycles. The molecule has 0 spiro atoms. The zero-order valence-corrected chi connectivity index (χ0v) is 17.1. The summed E-state index contributed by atoms with van der Waals surface area (Å²) in [5.74, 6) is 1.09. The first kappa shape index (κ1) is 20.5. The molecule has 0 saturated carbocycles. The molecule has 0 unspecified atom stereocenters. The summed E-state index contributed by atoms with van der Waals surface area (Å²) in [6.45, 7) is 2.83. The highest BCUT2D eigenvalue weighted by atomic mass is 16.5. The molecule has 0 aliphatic carbocycles. The molecule has 0 atom stereocenters. The number of ether oxygens (including phenoxy) is 2. The second-order valence-corrected chi connectivity index (χ2v) is 6.81. The second-order valence-electron chi connectivity index (χ2n) is 6.81. The van der Waals surface area contributed by atoms with Gasteiger partial charge in [0.15, 0.2) is 11.5 Å². The van der Waals surface area contributed by atoms with Gasteiger partial charge in [-0.2, -0.15) is 5.10 Å². The number of rotatable bonds is 9. The number of para-hydroxylation sites is 1. The lowest BCUT2D eigenvalue weighted by molar-refractivity contribution is 0.0947. The number of hydrazone groups is 1. The van der Waals surface area contributed by atoms with Crippen LogP contribution in [0.3, 0.4) is 0 Å². The van der Waals surface area contributed by atoms with E-state index in [0.29, 0.717) is 23.8 Å². The molecular formula is C23H27N3O3. The molecule has 152 valence electrons. The van der Waals surface area contributed by atoms with Gasteiger partial charge in [-0.15, -0.1) is 0 Å². The van der Waals surface area contributed by atoms with Gasteiger partial charge in [0, 0.05) is 18.0 Å². The molecule has 1 N–H and O–H groups in total. The van der Waals surface area contributed by atoms with Gasteiger partial charge < -0.3 is 14.0 Å². The van der Waals surface area contributed by atoms with Gasteiger partial charge in [-0.05, 0) is 42.3 Å². The van der Waals surface area contributed by atoms with Crippen molar-refractivity contribution in [2.45, 2.75) is 26.2 Å². The normalized spacial score (nSPS) is 11.1. The number of carbonyl (C=O) groups is 1. The molecule has 2 aromatic carbocycles. The number of benzene rings is 2. The number of aromatic nitrogens is 1. The number of hydrogen-bond acceptors (Lipinski definition) is 4. The number of aryl methyl sites for hydroxylation is 1. The Hall–Kier alpha value is -3.28. The van der Waals surface area contributed by atoms with E-state index in [-0.39, 0.29) is 5.91 Å². The lowest BCUT2D eigenvalue weighted by Gasteiger charge is -2.11. The molecule has 1 aromatic heterocycles. The van der Waals surface area contributed by atoms with Crippen LogP contribution in [0, 0.1) is 0 Å². The van der Waals surface area contributed by atoms with Crippen molar-refractivity contribution in [1.29, 1.82) is 0 Å². The molecular weight excluding hydrogens is 366 g/mol. The molecule has 0 aliphatic heterocycles.